The molecule has 4 atom stereocenters. The molecule has 1 aromatic heterocycles. The number of halogens is 3. The van der Waals surface area contributed by atoms with Crippen LogP contribution in [0.15, 0.2) is 6.07 Å². The van der Waals surface area contributed by atoms with E-state index < -0.39 is 29.5 Å². The average molecular weight is 418 g/mol. The number of alkyl halides is 3. The van der Waals surface area contributed by atoms with E-state index in [2.05, 4.69) is 4.98 Å². The largest absolute Gasteiger partial charge is 0.465 e. The summed E-state index contributed by atoms with van der Waals surface area (Å²) in [4.78, 5) is 28.9. The summed E-state index contributed by atoms with van der Waals surface area (Å²) in [5.41, 5.74) is -0.788. The average Bonchev–Trinajstić information content (AvgIpc) is 2.60. The van der Waals surface area contributed by atoms with Crippen LogP contribution in [0.25, 0.3) is 0 Å². The zero-order chi connectivity index (χ0) is 21.2. The van der Waals surface area contributed by atoms with Crippen LogP contribution in [-0.4, -0.2) is 37.1 Å². The number of ketones is 1. The lowest BCUT2D eigenvalue weighted by Gasteiger charge is -2.34. The van der Waals surface area contributed by atoms with E-state index in [9.17, 15) is 22.8 Å². The Morgan fingerprint density at radius 2 is 2.07 bits per heavy atom. The zero-order valence-electron chi connectivity index (χ0n) is 16.7. The Morgan fingerprint density at radius 3 is 2.61 bits per heavy atom. The van der Waals surface area contributed by atoms with Crippen LogP contribution in [-0.2, 0) is 20.5 Å². The second-order valence-corrected chi connectivity index (χ2v) is 8.25. The lowest BCUT2D eigenvalue weighted by Crippen LogP contribution is -2.36. The normalized spacial score (nSPS) is 23.3. The Kier molecular flexibility index (Phi) is 7.07. The molecule has 1 fully saturated rings. The molecule has 156 valence electrons. The van der Waals surface area contributed by atoms with Crippen molar-refractivity contribution in [3.8, 4) is 0 Å². The smallest absolute Gasteiger partial charge is 0.418 e. The van der Waals surface area contributed by atoms with E-state index in [1.807, 2.05) is 6.66 Å². The molecule has 5 nitrogen and oxygen atoms in total. The van der Waals surface area contributed by atoms with Gasteiger partial charge in [-0.05, 0) is 53.2 Å². The summed E-state index contributed by atoms with van der Waals surface area (Å²) in [6, 6.07) is 1.43. The Morgan fingerprint density at radius 1 is 1.43 bits per heavy atom. The number of esters is 1. The van der Waals surface area contributed by atoms with Gasteiger partial charge in [0, 0.05) is 19.4 Å². The molecule has 0 aliphatic heterocycles. The predicted octanol–water partition coefficient (Wildman–Crippen LogP) is 4.33. The zero-order valence-corrected chi connectivity index (χ0v) is 17.7. The maximum atomic E-state index is 13.8. The molecule has 0 bridgehead atoms. The van der Waals surface area contributed by atoms with Gasteiger partial charge in [-0.2, -0.15) is 13.2 Å². The van der Waals surface area contributed by atoms with Crippen LogP contribution in [0.1, 0.15) is 49.4 Å². The molecule has 0 aromatic carbocycles. The molecule has 1 saturated carbocycles. The maximum absolute atomic E-state index is 13.8. The van der Waals surface area contributed by atoms with Gasteiger partial charge in [0.1, 0.15) is 17.5 Å². The number of carbonyl (C=O) groups excluding carboxylic acids is 2. The number of Topliss-reactive ketones (excluding diaryl/α,β-unsaturated/α-hetero) is 1. The van der Waals surface area contributed by atoms with Gasteiger partial charge in [-0.3, -0.25) is 9.59 Å². The number of aromatic nitrogens is 1. The van der Waals surface area contributed by atoms with E-state index in [1.54, 1.807) is 25.6 Å². The standard InChI is InChI=1S/C19H26F3N2O3P/c1-6-27-18(26)13-7-10(2)12(9-14(13)25)17-16(19(20,21)22)11(3)8-15(23-17)24(4)28-5/h8,10,12-13,28H,6-7,9H2,1-5H3. The number of anilines is 1. The summed E-state index contributed by atoms with van der Waals surface area (Å²) in [6.07, 6.45) is -4.56. The molecule has 4 unspecified atom stereocenters. The van der Waals surface area contributed by atoms with Crippen molar-refractivity contribution < 1.29 is 27.5 Å². The Labute approximate surface area is 164 Å². The molecule has 9 heteroatoms. The van der Waals surface area contributed by atoms with E-state index in [0.717, 1.165) is 0 Å². The van der Waals surface area contributed by atoms with Gasteiger partial charge in [0.2, 0.25) is 0 Å². The van der Waals surface area contributed by atoms with Crippen LogP contribution in [0.3, 0.4) is 0 Å². The first kappa shape index (κ1) is 22.6. The molecule has 0 saturated heterocycles. The monoisotopic (exact) mass is 418 g/mol. The molecule has 0 amide bonds. The van der Waals surface area contributed by atoms with Crippen molar-refractivity contribution in [3.05, 3.63) is 22.9 Å². The third-order valence-corrected chi connectivity index (χ3v) is 6.12. The van der Waals surface area contributed by atoms with Crippen molar-refractivity contribution in [3.63, 3.8) is 0 Å². The Bertz CT molecular complexity index is 755. The van der Waals surface area contributed by atoms with Crippen molar-refractivity contribution in [2.45, 2.75) is 45.7 Å². The summed E-state index contributed by atoms with van der Waals surface area (Å²) >= 11 is 0. The highest BCUT2D eigenvalue weighted by Gasteiger charge is 2.44. The third-order valence-electron chi connectivity index (χ3n) is 5.22. The van der Waals surface area contributed by atoms with Gasteiger partial charge in [-0.25, -0.2) is 4.98 Å². The summed E-state index contributed by atoms with van der Waals surface area (Å²) < 4.78 is 48.1. The highest BCUT2D eigenvalue weighted by Crippen LogP contribution is 2.45. The van der Waals surface area contributed by atoms with Gasteiger partial charge in [0.25, 0.3) is 0 Å². The SMILES string of the molecule is CCOC(=O)C1CC(C)C(c2nc(N(C)PC)cc(C)c2C(F)(F)F)CC1=O. The van der Waals surface area contributed by atoms with Crippen LogP contribution in [0, 0.1) is 18.8 Å². The molecule has 1 heterocycles. The quantitative estimate of drug-likeness (QED) is 0.405. The molecule has 0 N–H and O–H groups in total. The third kappa shape index (κ3) is 4.65. The molecule has 0 spiro atoms. The van der Waals surface area contributed by atoms with Crippen LogP contribution in [0.5, 0.6) is 0 Å². The van der Waals surface area contributed by atoms with Crippen molar-refractivity contribution in [1.82, 2.24) is 4.98 Å². The minimum Gasteiger partial charge on any atom is -0.465 e. The van der Waals surface area contributed by atoms with Gasteiger partial charge in [-0.1, -0.05) is 6.92 Å². The summed E-state index contributed by atoms with van der Waals surface area (Å²) in [5.74, 6) is -2.45. The number of carbonyl (C=O) groups is 2. The van der Waals surface area contributed by atoms with Gasteiger partial charge >= 0.3 is 12.1 Å². The molecule has 0 radical (unpaired) electrons. The van der Waals surface area contributed by atoms with Crippen LogP contribution < -0.4 is 4.67 Å². The minimum absolute atomic E-state index is 0.0877. The number of hydrogen-bond acceptors (Lipinski definition) is 5. The van der Waals surface area contributed by atoms with Crippen LogP contribution in [0.4, 0.5) is 19.0 Å². The maximum Gasteiger partial charge on any atom is 0.418 e. The first-order valence-electron chi connectivity index (χ1n) is 9.20. The number of hydrogen-bond donors (Lipinski definition) is 0. The molecule has 1 aromatic rings. The Hall–Kier alpha value is -1.69. The highest BCUT2D eigenvalue weighted by atomic mass is 31.1. The number of nitrogens with zero attached hydrogens (tertiary/aromatic N) is 2. The van der Waals surface area contributed by atoms with Crippen LogP contribution >= 0.6 is 8.73 Å². The lowest BCUT2D eigenvalue weighted by atomic mass is 9.71. The van der Waals surface area contributed by atoms with Gasteiger partial charge in [0.05, 0.1) is 17.9 Å². The van der Waals surface area contributed by atoms with Crippen molar-refractivity contribution in [2.24, 2.45) is 11.8 Å². The van der Waals surface area contributed by atoms with Gasteiger partial charge in [-0.15, -0.1) is 0 Å². The second kappa shape index (κ2) is 8.76. The number of rotatable bonds is 5. The van der Waals surface area contributed by atoms with Crippen molar-refractivity contribution >= 4 is 26.3 Å². The molecule has 28 heavy (non-hydrogen) atoms. The number of ether oxygens (including phenoxy) is 1. The molecule has 1 aliphatic carbocycles. The first-order chi connectivity index (χ1) is 13.0. The number of pyridine rings is 1. The fourth-order valence-corrected chi connectivity index (χ4v) is 4.01. The minimum atomic E-state index is -4.57. The fourth-order valence-electron chi connectivity index (χ4n) is 3.67. The predicted molar refractivity (Wildman–Crippen MR) is 103 cm³/mol. The fraction of sp³-hybridized carbons (Fsp3) is 0.632. The number of aryl methyl sites for hydroxylation is 1. The van der Waals surface area contributed by atoms with Gasteiger partial charge < -0.3 is 9.41 Å². The van der Waals surface area contributed by atoms with E-state index in [1.165, 1.54) is 13.0 Å². The molecular weight excluding hydrogens is 392 g/mol. The van der Waals surface area contributed by atoms with E-state index in [-0.39, 0.29) is 42.4 Å². The topological polar surface area (TPSA) is 59.5 Å². The molecule has 1 aliphatic rings. The van der Waals surface area contributed by atoms with E-state index in [0.29, 0.717) is 14.5 Å². The van der Waals surface area contributed by atoms with Crippen molar-refractivity contribution in [1.29, 1.82) is 0 Å². The molecule has 2 rings (SSSR count). The summed E-state index contributed by atoms with van der Waals surface area (Å²) in [6.45, 7) is 6.89. The highest BCUT2D eigenvalue weighted by molar-refractivity contribution is 7.39. The Balaban J connectivity index is 2.49. The second-order valence-electron chi connectivity index (χ2n) is 7.13. The first-order valence-corrected chi connectivity index (χ1v) is 10.6. The van der Waals surface area contributed by atoms with Crippen molar-refractivity contribution in [2.75, 3.05) is 25.0 Å². The van der Waals surface area contributed by atoms with Crippen LogP contribution in [0.2, 0.25) is 0 Å². The van der Waals surface area contributed by atoms with E-state index in [4.69, 9.17) is 4.74 Å². The molecular formula is C19H26F3N2O3P. The van der Waals surface area contributed by atoms with E-state index >= 15 is 0 Å². The summed E-state index contributed by atoms with van der Waals surface area (Å²) in [7, 11) is 2.10. The van der Waals surface area contributed by atoms with Gasteiger partial charge in [0.15, 0.2) is 0 Å². The summed E-state index contributed by atoms with van der Waals surface area (Å²) in [5, 5.41) is 0. The lowest BCUT2D eigenvalue weighted by molar-refractivity contribution is -0.154.